The second-order valence-corrected chi connectivity index (χ2v) is 2.37. The van der Waals surface area contributed by atoms with E-state index in [2.05, 4.69) is 30.7 Å². The van der Waals surface area contributed by atoms with Crippen molar-refractivity contribution in [3.8, 4) is 0 Å². The van der Waals surface area contributed by atoms with Crippen LogP contribution in [0, 0.1) is 0 Å². The van der Waals surface area contributed by atoms with Crippen LogP contribution in [0.25, 0.3) is 0 Å². The van der Waals surface area contributed by atoms with E-state index in [1.807, 2.05) is 0 Å². The topological polar surface area (TPSA) is 352 Å². The van der Waals surface area contributed by atoms with Crippen molar-refractivity contribution in [1.29, 1.82) is 0 Å². The van der Waals surface area contributed by atoms with Gasteiger partial charge in [-0.1, -0.05) is 25.9 Å². The molecule has 4 amide bonds. The summed E-state index contributed by atoms with van der Waals surface area (Å²) in [5, 5.41) is 35.3. The van der Waals surface area contributed by atoms with Gasteiger partial charge in [-0.05, 0) is 0 Å². The van der Waals surface area contributed by atoms with Gasteiger partial charge in [0.1, 0.15) is 0 Å². The Hall–Kier alpha value is -2.65. The molecule has 0 aromatic heterocycles. The van der Waals surface area contributed by atoms with Crippen molar-refractivity contribution < 1.29 is 186 Å². The van der Waals surface area contributed by atoms with Gasteiger partial charge in [-0.15, -0.1) is 25.9 Å². The van der Waals surface area contributed by atoms with E-state index in [1.165, 1.54) is 25.6 Å². The number of amides is 4. The number of hydrogen-bond donors (Lipinski definition) is 8. The van der Waals surface area contributed by atoms with Crippen LogP contribution >= 0.6 is 0 Å². The monoisotopic (exact) mass is 791 g/mol. The van der Waals surface area contributed by atoms with E-state index in [-0.39, 0.29) is 111 Å². The molecule has 0 aliphatic heterocycles. The predicted molar refractivity (Wildman–Crippen MR) is 103 cm³/mol. The molecular weight excluding hydrogens is 779 g/mol. The van der Waals surface area contributed by atoms with E-state index in [0.717, 1.165) is 25.9 Å². The number of nitrogens with one attached hydrogen (secondary N) is 4. The smallest absolute Gasteiger partial charge is 0.0290 e. The summed E-state index contributed by atoms with van der Waals surface area (Å²) < 4.78 is 6.44. The van der Waals surface area contributed by atoms with Crippen molar-refractivity contribution in [2.45, 2.75) is 0 Å². The van der Waals surface area contributed by atoms with Gasteiger partial charge in [-0.2, -0.15) is 25.6 Å². The summed E-state index contributed by atoms with van der Waals surface area (Å²) in [6.45, 7) is 5.56. The van der Waals surface area contributed by atoms with Gasteiger partial charge >= 0.3 is 0 Å². The van der Waals surface area contributed by atoms with E-state index in [4.69, 9.17) is 58.8 Å². The normalized spacial score (nSPS) is 5.13. The first kappa shape index (κ1) is 70.7. The first-order valence-electron chi connectivity index (χ1n) is 6.57. The van der Waals surface area contributed by atoms with E-state index >= 15 is 0 Å². The zero-order chi connectivity index (χ0) is 30.1. The molecule has 0 heterocycles. The van der Waals surface area contributed by atoms with Gasteiger partial charge in [0, 0.05) is 111 Å². The molecule has 8 N–H and O–H groups in total. The van der Waals surface area contributed by atoms with E-state index in [0.29, 0.717) is 25.9 Å². The third kappa shape index (κ3) is 450. The van der Waals surface area contributed by atoms with Gasteiger partial charge in [-0.25, -0.2) is 0 Å². The van der Waals surface area contributed by atoms with Gasteiger partial charge in [0.05, 0.1) is 0 Å². The molecule has 0 aromatic carbocycles. The summed E-state index contributed by atoms with van der Waals surface area (Å²) in [6.07, 6.45) is 5.44. The number of rotatable bonds is 12. The fourth-order valence-corrected chi connectivity index (χ4v) is 0.267. The molecule has 0 atom stereocenters. The molecule has 3 radical (unpaired) electrons. The number of ether oxygens (including phenoxy) is 2. The van der Waals surface area contributed by atoms with Gasteiger partial charge in [0.2, 0.25) is 0 Å². The van der Waals surface area contributed by atoms with E-state index < -0.39 is 0 Å². The van der Waals surface area contributed by atoms with E-state index in [1.54, 1.807) is 0 Å². The standard InChI is InChI=1S/2C3H4N2O2.2C2O3.4CHO2.3Y/c2*6-2-4-1-5-3-7;2*3-1-5-2-4;4*2-1-3;;;/h2*1H2,(H,4,6)(H,5,7);;;4*(H,2,3);;;/q4*-2;4*-1;;;. The maximum Gasteiger partial charge on any atom is 0.0290 e. The summed E-state index contributed by atoms with van der Waals surface area (Å²) in [5.41, 5.74) is 0. The Balaban J connectivity index is -0.0000000259. The first-order valence-corrected chi connectivity index (χ1v) is 6.57. The zero-order valence-electron chi connectivity index (χ0n) is 18.7. The third-order valence-corrected chi connectivity index (χ3v) is 0.809. The average Bonchev–Trinajstić information content (AvgIpc) is 2.84. The Kier molecular flexibility index (Phi) is 251. The van der Waals surface area contributed by atoms with E-state index in [9.17, 15) is 19.2 Å². The van der Waals surface area contributed by atoms with Crippen molar-refractivity contribution in [2.75, 3.05) is 13.3 Å². The number of hydrogen-bond acceptors (Lipinski definition) is 14. The molecule has 0 fully saturated rings. The van der Waals surface area contributed by atoms with Gasteiger partial charge < -0.3 is 109 Å². The summed E-state index contributed by atoms with van der Waals surface area (Å²) in [5.74, 6) is 0. The Morgan fingerprint density at radius 3 is 0.564 bits per heavy atom. The summed E-state index contributed by atoms with van der Waals surface area (Å²) in [6, 6.07) is 0. The predicted octanol–water partition coefficient (Wildman–Crippen LogP) is -6.77. The van der Waals surface area contributed by atoms with Crippen molar-refractivity contribution in [3.05, 3.63) is 0 Å². The van der Waals surface area contributed by atoms with Crippen molar-refractivity contribution in [1.82, 2.24) is 21.3 Å². The fourth-order valence-electron chi connectivity index (χ4n) is 0.267. The molecule has 0 rings (SSSR count). The molecule has 0 saturated heterocycles. The maximum absolute atomic E-state index is 9.27. The summed E-state index contributed by atoms with van der Waals surface area (Å²) >= 11 is 0. The van der Waals surface area contributed by atoms with Gasteiger partial charge in [-0.3, -0.25) is 0 Å². The molecular formula is C14H12N4O18Y3-12. The SMILES string of the molecule is O=[C-]NCN[C-]=O.O=[C-]NCN[C-]=O.O=[C-]O.O=[C-]O.O=[C-]O.O=[C-]O.O=[C-]O[C-]=O.O=[C-]O[C-]=O.[Y].[Y].[Y]. The van der Waals surface area contributed by atoms with Crippen molar-refractivity contribution >= 4 is 77.4 Å². The fraction of sp³-hybridized carbons (Fsp3) is 0.143. The Morgan fingerprint density at radius 2 is 0.513 bits per heavy atom. The largest absolute Gasteiger partial charge is 0.783 e. The number of carbonyl (C=O) groups excluding carboxylic acids is 8. The van der Waals surface area contributed by atoms with Crippen LogP contribution in [-0.4, -0.2) is 111 Å². The molecule has 0 saturated carbocycles. The molecule has 217 valence electrons. The van der Waals surface area contributed by atoms with Crippen LogP contribution < -0.4 is 21.3 Å². The molecule has 25 heteroatoms. The molecule has 0 spiro atoms. The van der Waals surface area contributed by atoms with Crippen LogP contribution in [-0.2, 0) is 165 Å². The molecule has 0 bridgehead atoms. The average molecular weight is 791 g/mol. The minimum Gasteiger partial charge on any atom is -0.783 e. The van der Waals surface area contributed by atoms with Crippen LogP contribution in [0.15, 0.2) is 0 Å². The van der Waals surface area contributed by atoms with Crippen molar-refractivity contribution in [2.24, 2.45) is 0 Å². The maximum atomic E-state index is 9.27. The second kappa shape index (κ2) is 139. The summed E-state index contributed by atoms with van der Waals surface area (Å²) in [4.78, 5) is 105. The second-order valence-electron chi connectivity index (χ2n) is 2.37. The molecule has 22 nitrogen and oxygen atoms in total. The molecule has 39 heavy (non-hydrogen) atoms. The summed E-state index contributed by atoms with van der Waals surface area (Å²) in [7, 11) is 0. The minimum absolute atomic E-state index is 0. The Morgan fingerprint density at radius 1 is 0.385 bits per heavy atom. The van der Waals surface area contributed by atoms with Crippen LogP contribution in [0.2, 0.25) is 0 Å². The first-order chi connectivity index (χ1) is 17.3. The number of aliphatic hydroxyl groups excluding tert-OH is 4. The molecule has 0 aliphatic carbocycles. The molecule has 0 unspecified atom stereocenters. The minimum atomic E-state index is 0. The van der Waals surface area contributed by atoms with Gasteiger partial charge in [0.25, 0.3) is 0 Å². The van der Waals surface area contributed by atoms with Crippen LogP contribution in [0.3, 0.4) is 0 Å². The van der Waals surface area contributed by atoms with Gasteiger partial charge in [0.15, 0.2) is 0 Å². The van der Waals surface area contributed by atoms with Crippen molar-refractivity contribution in [3.63, 3.8) is 0 Å². The van der Waals surface area contributed by atoms with Crippen LogP contribution in [0.5, 0.6) is 0 Å². The Labute approximate surface area is 294 Å². The zero-order valence-corrected chi connectivity index (χ0v) is 27.2. The third-order valence-electron chi connectivity index (χ3n) is 0.809. The van der Waals surface area contributed by atoms with Crippen LogP contribution in [0.4, 0.5) is 0 Å². The van der Waals surface area contributed by atoms with Crippen LogP contribution in [0.1, 0.15) is 0 Å². The Bertz CT molecular complexity index is 437. The molecule has 0 aliphatic rings. The quantitative estimate of drug-likeness (QED) is 0.0299. The molecule has 0 aromatic rings.